The molecular formula is C18H16N4O3S. The summed E-state index contributed by atoms with van der Waals surface area (Å²) in [4.78, 5) is 27.0. The van der Waals surface area contributed by atoms with E-state index in [1.54, 1.807) is 18.3 Å². The molecule has 7 nitrogen and oxygen atoms in total. The molecule has 0 bridgehead atoms. The third-order valence-electron chi connectivity index (χ3n) is 3.72. The molecule has 2 aromatic carbocycles. The van der Waals surface area contributed by atoms with Gasteiger partial charge in [0.2, 0.25) is 5.91 Å². The van der Waals surface area contributed by atoms with Gasteiger partial charge < -0.3 is 9.88 Å². The van der Waals surface area contributed by atoms with Gasteiger partial charge in [0.1, 0.15) is 5.69 Å². The van der Waals surface area contributed by atoms with E-state index in [1.165, 1.54) is 23.9 Å². The molecule has 0 fully saturated rings. The standard InChI is InChI=1S/C18H16N4O3S/c1-21-16(13-7-3-2-4-8-13)11-19-18(21)26-12-17(23)20-14-9-5-6-10-15(14)22(24)25/h2-11H,12H2,1H3,(H,20,23). The highest BCUT2D eigenvalue weighted by atomic mass is 32.2. The highest BCUT2D eigenvalue weighted by molar-refractivity contribution is 7.99. The average Bonchev–Trinajstić information content (AvgIpc) is 3.01. The summed E-state index contributed by atoms with van der Waals surface area (Å²) in [5.41, 5.74) is 2.05. The minimum atomic E-state index is -0.520. The van der Waals surface area contributed by atoms with Gasteiger partial charge in [-0.15, -0.1) is 0 Å². The zero-order valence-corrected chi connectivity index (χ0v) is 14.8. The molecule has 132 valence electrons. The lowest BCUT2D eigenvalue weighted by atomic mass is 10.2. The molecule has 0 spiro atoms. The zero-order chi connectivity index (χ0) is 18.5. The van der Waals surface area contributed by atoms with Gasteiger partial charge in [0.15, 0.2) is 5.16 Å². The third-order valence-corrected chi connectivity index (χ3v) is 4.77. The first-order valence-corrected chi connectivity index (χ1v) is 8.78. The van der Waals surface area contributed by atoms with E-state index in [0.717, 1.165) is 11.3 Å². The number of amides is 1. The first kappa shape index (κ1) is 17.7. The van der Waals surface area contributed by atoms with E-state index >= 15 is 0 Å². The Hall–Kier alpha value is -3.13. The second-order valence-electron chi connectivity index (χ2n) is 5.46. The van der Waals surface area contributed by atoms with Crippen molar-refractivity contribution in [2.75, 3.05) is 11.1 Å². The second-order valence-corrected chi connectivity index (χ2v) is 6.40. The molecule has 0 aliphatic heterocycles. The normalized spacial score (nSPS) is 10.5. The number of nitro groups is 1. The van der Waals surface area contributed by atoms with Crippen molar-refractivity contribution in [2.45, 2.75) is 5.16 Å². The van der Waals surface area contributed by atoms with Crippen LogP contribution in [0.2, 0.25) is 0 Å². The quantitative estimate of drug-likeness (QED) is 0.407. The largest absolute Gasteiger partial charge is 0.322 e. The third kappa shape index (κ3) is 3.92. The Morgan fingerprint density at radius 1 is 1.19 bits per heavy atom. The monoisotopic (exact) mass is 368 g/mol. The van der Waals surface area contributed by atoms with Crippen LogP contribution in [-0.2, 0) is 11.8 Å². The number of rotatable bonds is 6. The first-order valence-electron chi connectivity index (χ1n) is 7.79. The number of anilines is 1. The fourth-order valence-electron chi connectivity index (χ4n) is 2.46. The SMILES string of the molecule is Cn1c(-c2ccccc2)cnc1SCC(=O)Nc1ccccc1[N+](=O)[O-]. The number of thioether (sulfide) groups is 1. The van der Waals surface area contributed by atoms with Crippen LogP contribution in [0.1, 0.15) is 0 Å². The van der Waals surface area contributed by atoms with Gasteiger partial charge in [-0.1, -0.05) is 54.2 Å². The van der Waals surface area contributed by atoms with Gasteiger partial charge in [-0.05, 0) is 11.6 Å². The van der Waals surface area contributed by atoms with E-state index in [4.69, 9.17) is 0 Å². The van der Waals surface area contributed by atoms with Crippen molar-refractivity contribution in [3.63, 3.8) is 0 Å². The van der Waals surface area contributed by atoms with Gasteiger partial charge in [0, 0.05) is 13.1 Å². The Morgan fingerprint density at radius 2 is 1.88 bits per heavy atom. The topological polar surface area (TPSA) is 90.1 Å². The maximum Gasteiger partial charge on any atom is 0.292 e. The van der Waals surface area contributed by atoms with Crippen molar-refractivity contribution >= 4 is 29.0 Å². The molecular weight excluding hydrogens is 352 g/mol. The number of aromatic nitrogens is 2. The second kappa shape index (κ2) is 7.83. The van der Waals surface area contributed by atoms with Crippen LogP contribution >= 0.6 is 11.8 Å². The number of carbonyl (C=O) groups excluding carboxylic acids is 1. The summed E-state index contributed by atoms with van der Waals surface area (Å²) >= 11 is 1.27. The maximum absolute atomic E-state index is 12.2. The van der Waals surface area contributed by atoms with Gasteiger partial charge in [-0.2, -0.15) is 0 Å². The fraction of sp³-hybridized carbons (Fsp3) is 0.111. The van der Waals surface area contributed by atoms with Gasteiger partial charge in [-0.3, -0.25) is 14.9 Å². The highest BCUT2D eigenvalue weighted by Crippen LogP contribution is 2.26. The van der Waals surface area contributed by atoms with E-state index in [2.05, 4.69) is 10.3 Å². The van der Waals surface area contributed by atoms with Crippen molar-refractivity contribution in [3.8, 4) is 11.3 Å². The lowest BCUT2D eigenvalue weighted by molar-refractivity contribution is -0.383. The number of carbonyl (C=O) groups is 1. The van der Waals surface area contributed by atoms with Crippen LogP contribution in [0.5, 0.6) is 0 Å². The molecule has 0 aliphatic rings. The molecule has 1 aromatic heterocycles. The van der Waals surface area contributed by atoms with Crippen molar-refractivity contribution in [1.29, 1.82) is 0 Å². The molecule has 0 aliphatic carbocycles. The molecule has 0 radical (unpaired) electrons. The lowest BCUT2D eigenvalue weighted by Gasteiger charge is -2.07. The van der Waals surface area contributed by atoms with Crippen molar-refractivity contribution in [3.05, 3.63) is 70.9 Å². The molecule has 8 heteroatoms. The van der Waals surface area contributed by atoms with Crippen LogP contribution < -0.4 is 5.32 Å². The summed E-state index contributed by atoms with van der Waals surface area (Å²) in [6, 6.07) is 15.9. The molecule has 0 saturated carbocycles. The van der Waals surface area contributed by atoms with Crippen molar-refractivity contribution in [2.24, 2.45) is 7.05 Å². The lowest BCUT2D eigenvalue weighted by Crippen LogP contribution is -2.15. The van der Waals surface area contributed by atoms with Crippen LogP contribution in [0.25, 0.3) is 11.3 Å². The predicted octanol–water partition coefficient (Wildman–Crippen LogP) is 3.73. The molecule has 1 amide bonds. The number of nitro benzene ring substituents is 1. The number of hydrogen-bond donors (Lipinski definition) is 1. The van der Waals surface area contributed by atoms with Crippen LogP contribution in [0, 0.1) is 10.1 Å². The summed E-state index contributed by atoms with van der Waals surface area (Å²) in [5.74, 6) is -0.223. The molecule has 0 saturated heterocycles. The molecule has 3 rings (SSSR count). The summed E-state index contributed by atoms with van der Waals surface area (Å²) in [7, 11) is 1.89. The van der Waals surface area contributed by atoms with Crippen molar-refractivity contribution in [1.82, 2.24) is 9.55 Å². The Bertz CT molecular complexity index is 941. The van der Waals surface area contributed by atoms with E-state index in [9.17, 15) is 14.9 Å². The molecule has 0 atom stereocenters. The van der Waals surface area contributed by atoms with E-state index in [-0.39, 0.29) is 23.0 Å². The van der Waals surface area contributed by atoms with Gasteiger partial charge in [-0.25, -0.2) is 4.98 Å². The smallest absolute Gasteiger partial charge is 0.292 e. The van der Waals surface area contributed by atoms with Gasteiger partial charge >= 0.3 is 0 Å². The summed E-state index contributed by atoms with van der Waals surface area (Å²) in [5, 5.41) is 14.3. The number of benzene rings is 2. The highest BCUT2D eigenvalue weighted by Gasteiger charge is 2.16. The maximum atomic E-state index is 12.2. The van der Waals surface area contributed by atoms with Crippen LogP contribution in [-0.4, -0.2) is 26.1 Å². The van der Waals surface area contributed by atoms with Crippen molar-refractivity contribution < 1.29 is 9.72 Å². The van der Waals surface area contributed by atoms with Gasteiger partial charge in [0.05, 0.1) is 22.6 Å². The summed E-state index contributed by atoms with van der Waals surface area (Å²) in [6.07, 6.45) is 1.76. The van der Waals surface area contributed by atoms with Gasteiger partial charge in [0.25, 0.3) is 5.69 Å². The van der Waals surface area contributed by atoms with E-state index in [1.807, 2.05) is 41.9 Å². The number of imidazole rings is 1. The average molecular weight is 368 g/mol. The van der Waals surface area contributed by atoms with Crippen LogP contribution in [0.4, 0.5) is 11.4 Å². The zero-order valence-electron chi connectivity index (χ0n) is 14.0. The summed E-state index contributed by atoms with van der Waals surface area (Å²) in [6.45, 7) is 0. The molecule has 1 N–H and O–H groups in total. The minimum Gasteiger partial charge on any atom is -0.322 e. The van der Waals surface area contributed by atoms with Crippen LogP contribution in [0.15, 0.2) is 66.0 Å². The Morgan fingerprint density at radius 3 is 2.62 bits per heavy atom. The Labute approximate surface area is 154 Å². The number of nitrogens with zero attached hydrogens (tertiary/aromatic N) is 3. The number of nitrogens with one attached hydrogen (secondary N) is 1. The number of para-hydroxylation sites is 2. The summed E-state index contributed by atoms with van der Waals surface area (Å²) < 4.78 is 1.91. The molecule has 1 heterocycles. The van der Waals surface area contributed by atoms with E-state index in [0.29, 0.717) is 5.16 Å². The molecule has 0 unspecified atom stereocenters. The van der Waals surface area contributed by atoms with Crippen LogP contribution in [0.3, 0.4) is 0 Å². The first-order chi connectivity index (χ1) is 12.6. The van der Waals surface area contributed by atoms with E-state index < -0.39 is 4.92 Å². The molecule has 26 heavy (non-hydrogen) atoms. The Balaban J connectivity index is 1.66. The minimum absolute atomic E-state index is 0.102. The predicted molar refractivity (Wildman–Crippen MR) is 101 cm³/mol. The Kier molecular flexibility index (Phi) is 5.33. The molecule has 3 aromatic rings. The number of hydrogen-bond acceptors (Lipinski definition) is 5. The fourth-order valence-corrected chi connectivity index (χ4v) is 3.21.